The smallest absolute Gasteiger partial charge is 0.153 e. The highest BCUT2D eigenvalue weighted by Crippen LogP contribution is 2.07. The molecular formula is C10H20N2O3S2. The second-order valence-electron chi connectivity index (χ2n) is 4.74. The summed E-state index contributed by atoms with van der Waals surface area (Å²) in [5, 5.41) is 3.26. The predicted octanol–water partition coefficient (Wildman–Crippen LogP) is -1.17. The molecule has 0 saturated carbocycles. The van der Waals surface area contributed by atoms with Crippen LogP contribution in [0.1, 0.15) is 6.42 Å². The van der Waals surface area contributed by atoms with E-state index >= 15 is 0 Å². The average Bonchev–Trinajstić information content (AvgIpc) is 2.27. The van der Waals surface area contributed by atoms with Gasteiger partial charge in [-0.15, -0.1) is 0 Å². The Morgan fingerprint density at radius 3 is 2.65 bits per heavy atom. The zero-order valence-corrected chi connectivity index (χ0v) is 11.6. The molecule has 1 N–H and O–H groups in total. The van der Waals surface area contributed by atoms with Gasteiger partial charge in [-0.25, -0.2) is 8.42 Å². The van der Waals surface area contributed by atoms with Gasteiger partial charge in [0.25, 0.3) is 0 Å². The topological polar surface area (TPSA) is 66.5 Å². The third kappa shape index (κ3) is 4.31. The number of hydrogen-bond donors (Lipinski definition) is 1. The van der Waals surface area contributed by atoms with E-state index in [4.69, 9.17) is 0 Å². The van der Waals surface area contributed by atoms with Crippen molar-refractivity contribution < 1.29 is 12.6 Å². The lowest BCUT2D eigenvalue weighted by molar-refractivity contribution is 0.281. The first kappa shape index (κ1) is 13.5. The highest BCUT2D eigenvalue weighted by molar-refractivity contribution is 7.91. The summed E-state index contributed by atoms with van der Waals surface area (Å²) in [5.74, 6) is 2.06. The fraction of sp³-hybridized carbons (Fsp3) is 1.00. The number of nitrogens with zero attached hydrogens (tertiary/aromatic N) is 1. The fourth-order valence-corrected chi connectivity index (χ4v) is 4.91. The fourth-order valence-electron chi connectivity index (χ4n) is 2.29. The van der Waals surface area contributed by atoms with Crippen LogP contribution in [0.2, 0.25) is 0 Å². The Kier molecular flexibility index (Phi) is 4.57. The molecule has 0 aromatic rings. The maximum absolute atomic E-state index is 11.5. The Labute approximate surface area is 105 Å². The van der Waals surface area contributed by atoms with Crippen LogP contribution < -0.4 is 5.32 Å². The Morgan fingerprint density at radius 2 is 2.00 bits per heavy atom. The molecule has 2 aliphatic heterocycles. The summed E-state index contributed by atoms with van der Waals surface area (Å²) >= 11 is 0. The number of nitrogens with one attached hydrogen (secondary N) is 1. The Bertz CT molecular complexity index is 373. The van der Waals surface area contributed by atoms with Gasteiger partial charge in [0.1, 0.15) is 0 Å². The zero-order valence-electron chi connectivity index (χ0n) is 9.93. The summed E-state index contributed by atoms with van der Waals surface area (Å²) in [4.78, 5) is 2.28. The van der Waals surface area contributed by atoms with E-state index in [1.807, 2.05) is 0 Å². The second-order valence-corrected chi connectivity index (χ2v) is 8.67. The molecule has 1 unspecified atom stereocenters. The molecule has 2 saturated heterocycles. The minimum Gasteiger partial charge on any atom is -0.312 e. The van der Waals surface area contributed by atoms with Crippen LogP contribution in [0.5, 0.6) is 0 Å². The number of rotatable bonds is 3. The van der Waals surface area contributed by atoms with E-state index in [1.54, 1.807) is 0 Å². The van der Waals surface area contributed by atoms with E-state index < -0.39 is 20.6 Å². The third-order valence-corrected chi connectivity index (χ3v) is 6.38. The van der Waals surface area contributed by atoms with E-state index in [1.165, 1.54) is 0 Å². The van der Waals surface area contributed by atoms with Gasteiger partial charge in [0.05, 0.1) is 11.5 Å². The minimum atomic E-state index is -2.82. The molecule has 2 fully saturated rings. The standard InChI is InChI=1S/C10H20N2O3S2/c13-16-6-4-12(5-7-16)3-1-10-9-17(14,15)8-2-11-10/h10-11H,1-9H2. The molecule has 0 spiro atoms. The first-order chi connectivity index (χ1) is 8.05. The first-order valence-electron chi connectivity index (χ1n) is 6.06. The largest absolute Gasteiger partial charge is 0.312 e. The van der Waals surface area contributed by atoms with Crippen molar-refractivity contribution in [1.29, 1.82) is 0 Å². The van der Waals surface area contributed by atoms with E-state index in [0.29, 0.717) is 6.54 Å². The van der Waals surface area contributed by atoms with Crippen molar-refractivity contribution in [2.45, 2.75) is 12.5 Å². The molecule has 0 aliphatic carbocycles. The van der Waals surface area contributed by atoms with E-state index in [-0.39, 0.29) is 17.5 Å². The van der Waals surface area contributed by atoms with Crippen molar-refractivity contribution in [1.82, 2.24) is 10.2 Å². The molecule has 17 heavy (non-hydrogen) atoms. The molecule has 1 atom stereocenters. The number of sulfone groups is 1. The van der Waals surface area contributed by atoms with Crippen molar-refractivity contribution in [2.75, 3.05) is 49.2 Å². The van der Waals surface area contributed by atoms with Crippen molar-refractivity contribution in [3.63, 3.8) is 0 Å². The highest BCUT2D eigenvalue weighted by atomic mass is 32.2. The molecular weight excluding hydrogens is 260 g/mol. The summed E-state index contributed by atoms with van der Waals surface area (Å²) in [6, 6.07) is 0.0983. The van der Waals surface area contributed by atoms with E-state index in [9.17, 15) is 12.6 Å². The average molecular weight is 280 g/mol. The molecule has 100 valence electrons. The zero-order chi connectivity index (χ0) is 12.3. The summed E-state index contributed by atoms with van der Waals surface area (Å²) in [6.45, 7) is 3.25. The van der Waals surface area contributed by atoms with Crippen LogP contribution in [0.25, 0.3) is 0 Å². The molecule has 7 heteroatoms. The van der Waals surface area contributed by atoms with E-state index in [2.05, 4.69) is 10.2 Å². The lowest BCUT2D eigenvalue weighted by Crippen LogP contribution is -2.47. The van der Waals surface area contributed by atoms with Gasteiger partial charge in [-0.3, -0.25) is 4.21 Å². The van der Waals surface area contributed by atoms with Gasteiger partial charge < -0.3 is 10.2 Å². The summed E-state index contributed by atoms with van der Waals surface area (Å²) in [7, 11) is -3.46. The van der Waals surface area contributed by atoms with Gasteiger partial charge in [-0.1, -0.05) is 0 Å². The van der Waals surface area contributed by atoms with Gasteiger partial charge in [-0.2, -0.15) is 0 Å². The molecule has 5 nitrogen and oxygen atoms in total. The quantitative estimate of drug-likeness (QED) is 0.705. The maximum Gasteiger partial charge on any atom is 0.153 e. The van der Waals surface area contributed by atoms with E-state index in [0.717, 1.165) is 37.6 Å². The minimum absolute atomic E-state index is 0.0983. The first-order valence-corrected chi connectivity index (χ1v) is 9.37. The molecule has 2 aliphatic rings. The molecule has 0 amide bonds. The monoisotopic (exact) mass is 280 g/mol. The molecule has 2 rings (SSSR count). The van der Waals surface area contributed by atoms with Crippen LogP contribution >= 0.6 is 0 Å². The van der Waals surface area contributed by atoms with Crippen LogP contribution in [-0.4, -0.2) is 72.8 Å². The lowest BCUT2D eigenvalue weighted by atomic mass is 10.2. The van der Waals surface area contributed by atoms with Crippen LogP contribution in [0.3, 0.4) is 0 Å². The Morgan fingerprint density at radius 1 is 1.29 bits per heavy atom. The third-order valence-electron chi connectivity index (χ3n) is 3.37. The summed E-state index contributed by atoms with van der Waals surface area (Å²) < 4.78 is 34.1. The van der Waals surface area contributed by atoms with Gasteiger partial charge in [0, 0.05) is 48.0 Å². The van der Waals surface area contributed by atoms with Crippen molar-refractivity contribution in [3.8, 4) is 0 Å². The molecule has 2 heterocycles. The second kappa shape index (κ2) is 5.77. The maximum atomic E-state index is 11.5. The molecule has 0 bridgehead atoms. The SMILES string of the molecule is O=S1CCN(CCC2CS(=O)(=O)CCN2)CC1. The Balaban J connectivity index is 1.73. The molecule has 0 aromatic heterocycles. The van der Waals surface area contributed by atoms with Crippen molar-refractivity contribution >= 4 is 20.6 Å². The van der Waals surface area contributed by atoms with Crippen LogP contribution in [0.15, 0.2) is 0 Å². The Hall–Kier alpha value is 0.0200. The normalized spacial score (nSPS) is 31.4. The van der Waals surface area contributed by atoms with Crippen LogP contribution in [-0.2, 0) is 20.6 Å². The highest BCUT2D eigenvalue weighted by Gasteiger charge is 2.25. The summed E-state index contributed by atoms with van der Waals surface area (Å²) in [6.07, 6.45) is 0.867. The van der Waals surface area contributed by atoms with Gasteiger partial charge in [0.2, 0.25) is 0 Å². The van der Waals surface area contributed by atoms with Gasteiger partial charge >= 0.3 is 0 Å². The number of hydrogen-bond acceptors (Lipinski definition) is 5. The van der Waals surface area contributed by atoms with Crippen molar-refractivity contribution in [2.24, 2.45) is 0 Å². The lowest BCUT2D eigenvalue weighted by Gasteiger charge is -2.29. The van der Waals surface area contributed by atoms with Crippen LogP contribution in [0, 0.1) is 0 Å². The van der Waals surface area contributed by atoms with Crippen LogP contribution in [0.4, 0.5) is 0 Å². The molecule has 0 radical (unpaired) electrons. The van der Waals surface area contributed by atoms with Gasteiger partial charge in [-0.05, 0) is 13.0 Å². The van der Waals surface area contributed by atoms with Crippen molar-refractivity contribution in [3.05, 3.63) is 0 Å². The summed E-state index contributed by atoms with van der Waals surface area (Å²) in [5.41, 5.74) is 0. The van der Waals surface area contributed by atoms with Gasteiger partial charge in [0.15, 0.2) is 9.84 Å². The molecule has 0 aromatic carbocycles. The predicted molar refractivity (Wildman–Crippen MR) is 69.4 cm³/mol.